The molecular weight excluding hydrogens is 236 g/mol. The lowest BCUT2D eigenvalue weighted by molar-refractivity contribution is 0.0854. The van der Waals surface area contributed by atoms with E-state index in [1.165, 1.54) is 19.3 Å². The van der Waals surface area contributed by atoms with Crippen LogP contribution < -0.4 is 5.32 Å². The van der Waals surface area contributed by atoms with Gasteiger partial charge in [-0.3, -0.25) is 4.68 Å². The van der Waals surface area contributed by atoms with Gasteiger partial charge in [0.1, 0.15) is 6.33 Å². The van der Waals surface area contributed by atoms with Gasteiger partial charge in [0.05, 0.1) is 0 Å². The largest absolute Gasteiger partial charge is 0.313 e. The summed E-state index contributed by atoms with van der Waals surface area (Å²) >= 11 is 0. The summed E-state index contributed by atoms with van der Waals surface area (Å²) in [7, 11) is 1.91. The lowest BCUT2D eigenvalue weighted by atomic mass is 9.63. The van der Waals surface area contributed by atoms with Gasteiger partial charge >= 0.3 is 0 Å². The van der Waals surface area contributed by atoms with Crippen molar-refractivity contribution in [3.63, 3.8) is 0 Å². The highest BCUT2D eigenvalue weighted by molar-refractivity contribution is 4.93. The second-order valence-corrected chi connectivity index (χ2v) is 7.65. The fraction of sp³-hybridized carbons (Fsp3) is 0.867. The molecule has 1 fully saturated rings. The Labute approximate surface area is 117 Å². The highest BCUT2D eigenvalue weighted by Gasteiger charge is 2.37. The molecule has 0 spiro atoms. The molecule has 0 amide bonds. The Bertz CT molecular complexity index is 404. The van der Waals surface area contributed by atoms with E-state index in [9.17, 15) is 0 Å². The van der Waals surface area contributed by atoms with Crippen molar-refractivity contribution in [2.75, 3.05) is 6.54 Å². The molecule has 1 aliphatic rings. The summed E-state index contributed by atoms with van der Waals surface area (Å²) < 4.78 is 1.77. The Morgan fingerprint density at radius 2 is 1.89 bits per heavy atom. The minimum atomic E-state index is 0.447. The Kier molecular flexibility index (Phi) is 4.00. The van der Waals surface area contributed by atoms with Crippen molar-refractivity contribution < 1.29 is 0 Å². The molecule has 0 saturated heterocycles. The summed E-state index contributed by atoms with van der Waals surface area (Å²) in [5, 5.41) is 8.02. The molecule has 1 saturated carbocycles. The number of rotatable bonds is 4. The van der Waals surface area contributed by atoms with Crippen LogP contribution in [0.15, 0.2) is 6.33 Å². The van der Waals surface area contributed by atoms with Crippen molar-refractivity contribution >= 4 is 0 Å². The maximum absolute atomic E-state index is 4.32. The highest BCUT2D eigenvalue weighted by atomic mass is 15.3. The predicted octanol–water partition coefficient (Wildman–Crippen LogP) is 2.55. The molecule has 0 aromatic carbocycles. The van der Waals surface area contributed by atoms with E-state index < -0.39 is 0 Å². The number of nitrogens with zero attached hydrogens (tertiary/aromatic N) is 3. The first-order valence-corrected chi connectivity index (χ1v) is 7.34. The SMILES string of the molecule is Cn1cnc(CCNC2CC(C)(C)CC(C)(C)C2)n1. The maximum atomic E-state index is 4.32. The number of aromatic nitrogens is 3. The zero-order chi connectivity index (χ0) is 14.1. The van der Waals surface area contributed by atoms with Crippen molar-refractivity contribution in [3.05, 3.63) is 12.2 Å². The van der Waals surface area contributed by atoms with Gasteiger partial charge in [-0.05, 0) is 30.1 Å². The van der Waals surface area contributed by atoms with Gasteiger partial charge in [-0.2, -0.15) is 5.10 Å². The average Bonchev–Trinajstić information content (AvgIpc) is 2.59. The van der Waals surface area contributed by atoms with Gasteiger partial charge in [0.25, 0.3) is 0 Å². The molecule has 1 aliphatic carbocycles. The molecule has 0 atom stereocenters. The second-order valence-electron chi connectivity index (χ2n) is 7.65. The van der Waals surface area contributed by atoms with E-state index in [-0.39, 0.29) is 0 Å². The molecule has 108 valence electrons. The van der Waals surface area contributed by atoms with Crippen molar-refractivity contribution in [2.24, 2.45) is 17.9 Å². The first kappa shape index (κ1) is 14.5. The summed E-state index contributed by atoms with van der Waals surface area (Å²) in [6.45, 7) is 10.5. The molecular formula is C15H28N4. The van der Waals surface area contributed by atoms with Gasteiger partial charge < -0.3 is 5.32 Å². The number of nitrogens with one attached hydrogen (secondary N) is 1. The average molecular weight is 264 g/mol. The van der Waals surface area contributed by atoms with E-state index in [1.807, 2.05) is 7.05 Å². The van der Waals surface area contributed by atoms with E-state index >= 15 is 0 Å². The van der Waals surface area contributed by atoms with E-state index in [0.29, 0.717) is 16.9 Å². The summed E-state index contributed by atoms with van der Waals surface area (Å²) in [6, 6.07) is 0.627. The Morgan fingerprint density at radius 3 is 2.42 bits per heavy atom. The van der Waals surface area contributed by atoms with Crippen molar-refractivity contribution in [1.29, 1.82) is 0 Å². The zero-order valence-corrected chi connectivity index (χ0v) is 13.0. The fourth-order valence-corrected chi connectivity index (χ4v) is 3.88. The van der Waals surface area contributed by atoms with Gasteiger partial charge in [-0.15, -0.1) is 0 Å². The fourth-order valence-electron chi connectivity index (χ4n) is 3.88. The smallest absolute Gasteiger partial charge is 0.151 e. The van der Waals surface area contributed by atoms with Crippen LogP contribution in [0.25, 0.3) is 0 Å². The van der Waals surface area contributed by atoms with E-state index in [1.54, 1.807) is 11.0 Å². The Hall–Kier alpha value is -0.900. The Balaban J connectivity index is 1.82. The third-order valence-corrected chi connectivity index (χ3v) is 3.98. The van der Waals surface area contributed by atoms with Crippen LogP contribution in [0.3, 0.4) is 0 Å². The van der Waals surface area contributed by atoms with Gasteiger partial charge in [0, 0.05) is 26.1 Å². The second kappa shape index (κ2) is 5.23. The summed E-state index contributed by atoms with van der Waals surface area (Å²) in [5.74, 6) is 0.935. The monoisotopic (exact) mass is 264 g/mol. The number of hydrogen-bond acceptors (Lipinski definition) is 3. The molecule has 1 heterocycles. The van der Waals surface area contributed by atoms with Crippen molar-refractivity contribution in [3.8, 4) is 0 Å². The predicted molar refractivity (Wildman–Crippen MR) is 77.9 cm³/mol. The lowest BCUT2D eigenvalue weighted by Gasteiger charge is -2.45. The van der Waals surface area contributed by atoms with Crippen molar-refractivity contribution in [1.82, 2.24) is 20.1 Å². The van der Waals surface area contributed by atoms with Crippen LogP contribution in [-0.2, 0) is 13.5 Å². The molecule has 0 unspecified atom stereocenters. The van der Waals surface area contributed by atoms with Crippen LogP contribution in [0.2, 0.25) is 0 Å². The van der Waals surface area contributed by atoms with Crippen LogP contribution in [-0.4, -0.2) is 27.4 Å². The van der Waals surface area contributed by atoms with E-state index in [4.69, 9.17) is 0 Å². The van der Waals surface area contributed by atoms with Gasteiger partial charge in [-0.1, -0.05) is 27.7 Å². The van der Waals surface area contributed by atoms with Crippen molar-refractivity contribution in [2.45, 2.75) is 59.4 Å². The highest BCUT2D eigenvalue weighted by Crippen LogP contribution is 2.45. The molecule has 1 aromatic rings. The molecule has 2 rings (SSSR count). The van der Waals surface area contributed by atoms with Crippen LogP contribution in [0.5, 0.6) is 0 Å². The van der Waals surface area contributed by atoms with Crippen LogP contribution in [0.4, 0.5) is 0 Å². The molecule has 0 aliphatic heterocycles. The van der Waals surface area contributed by atoms with E-state index in [0.717, 1.165) is 18.8 Å². The first-order valence-electron chi connectivity index (χ1n) is 7.34. The molecule has 1 aromatic heterocycles. The van der Waals surface area contributed by atoms with Gasteiger partial charge in [-0.25, -0.2) is 4.98 Å². The molecule has 19 heavy (non-hydrogen) atoms. The van der Waals surface area contributed by atoms with E-state index in [2.05, 4.69) is 43.1 Å². The van der Waals surface area contributed by atoms with Gasteiger partial charge in [0.2, 0.25) is 0 Å². The summed E-state index contributed by atoms with van der Waals surface area (Å²) in [4.78, 5) is 4.27. The number of hydrogen-bond donors (Lipinski definition) is 1. The molecule has 0 radical (unpaired) electrons. The van der Waals surface area contributed by atoms with Crippen LogP contribution >= 0.6 is 0 Å². The topological polar surface area (TPSA) is 42.7 Å². The minimum Gasteiger partial charge on any atom is -0.313 e. The first-order chi connectivity index (χ1) is 8.76. The molecule has 4 nitrogen and oxygen atoms in total. The molecule has 1 N–H and O–H groups in total. The molecule has 4 heteroatoms. The normalized spacial score (nSPS) is 22.6. The standard InChI is InChI=1S/C15H28N4/c1-14(2)8-12(9-15(3,4)10-14)16-7-6-13-17-11-19(5)18-13/h11-12,16H,6-10H2,1-5H3. The maximum Gasteiger partial charge on any atom is 0.151 e. The summed E-state index contributed by atoms with van der Waals surface area (Å²) in [6.07, 6.45) is 6.54. The van der Waals surface area contributed by atoms with Crippen LogP contribution in [0, 0.1) is 10.8 Å². The third-order valence-electron chi connectivity index (χ3n) is 3.98. The Morgan fingerprint density at radius 1 is 1.26 bits per heavy atom. The number of aryl methyl sites for hydroxylation is 1. The summed E-state index contributed by atoms with van der Waals surface area (Å²) in [5.41, 5.74) is 0.894. The van der Waals surface area contributed by atoms with Gasteiger partial charge in [0.15, 0.2) is 5.82 Å². The zero-order valence-electron chi connectivity index (χ0n) is 13.0. The van der Waals surface area contributed by atoms with Crippen LogP contribution in [0.1, 0.15) is 52.8 Å². The third kappa shape index (κ3) is 4.30. The lowest BCUT2D eigenvalue weighted by Crippen LogP contribution is -2.44. The molecule has 0 bridgehead atoms. The minimum absolute atomic E-state index is 0.447. The quantitative estimate of drug-likeness (QED) is 0.909.